The first-order valence-corrected chi connectivity index (χ1v) is 6.61. The quantitative estimate of drug-likeness (QED) is 0.662. The van der Waals surface area contributed by atoms with Crippen LogP contribution in [0, 0.1) is 5.82 Å². The lowest BCUT2D eigenvalue weighted by molar-refractivity contribution is 0.302. The summed E-state index contributed by atoms with van der Waals surface area (Å²) in [7, 11) is 0. The van der Waals surface area contributed by atoms with Crippen molar-refractivity contribution in [3.05, 3.63) is 60.7 Å². The Morgan fingerprint density at radius 1 is 1.05 bits per heavy atom. The van der Waals surface area contributed by atoms with E-state index in [2.05, 4.69) is 15.6 Å². The summed E-state index contributed by atoms with van der Waals surface area (Å²) in [5.74, 6) is 0.448. The van der Waals surface area contributed by atoms with Crippen molar-refractivity contribution in [3.8, 4) is 5.75 Å². The van der Waals surface area contributed by atoms with E-state index >= 15 is 0 Å². The van der Waals surface area contributed by atoms with Gasteiger partial charge in [-0.25, -0.2) is 9.37 Å². The van der Waals surface area contributed by atoms with Gasteiger partial charge >= 0.3 is 0 Å². The Balaban J connectivity index is 1.54. The van der Waals surface area contributed by atoms with Crippen molar-refractivity contribution < 1.29 is 9.13 Å². The summed E-state index contributed by atoms with van der Waals surface area (Å²) < 4.78 is 20.4. The molecule has 0 radical (unpaired) electrons. The van der Waals surface area contributed by atoms with E-state index in [1.165, 1.54) is 12.1 Å². The van der Waals surface area contributed by atoms with Gasteiger partial charge in [-0.05, 0) is 42.8 Å². The van der Waals surface area contributed by atoms with E-state index in [4.69, 9.17) is 4.74 Å². The van der Waals surface area contributed by atoms with Gasteiger partial charge in [0.1, 0.15) is 11.6 Å². The molecule has 0 unspecified atom stereocenters. The molecule has 1 heterocycles. The molecule has 2 aromatic carbocycles. The zero-order valence-electron chi connectivity index (χ0n) is 11.0. The number of halogens is 1. The average Bonchev–Trinajstić information content (AvgIpc) is 2.89. The number of benzene rings is 2. The summed E-state index contributed by atoms with van der Waals surface area (Å²) in [4.78, 5) is 4.35. The number of imidazole rings is 1. The molecule has 0 fully saturated rings. The lowest BCUT2D eigenvalue weighted by Gasteiger charge is -2.07. The van der Waals surface area contributed by atoms with Crippen LogP contribution in [0.2, 0.25) is 0 Å². The topological polar surface area (TPSA) is 27.1 Å². The van der Waals surface area contributed by atoms with Crippen LogP contribution in [0.25, 0.3) is 11.0 Å². The first-order valence-electron chi connectivity index (χ1n) is 6.61. The number of nitrogens with zero attached hydrogens (tertiary/aromatic N) is 2. The van der Waals surface area contributed by atoms with Crippen molar-refractivity contribution in [2.75, 3.05) is 6.61 Å². The fraction of sp³-hybridized carbons (Fsp3) is 0.188. The van der Waals surface area contributed by atoms with Gasteiger partial charge in [-0.15, -0.1) is 0 Å². The van der Waals surface area contributed by atoms with Gasteiger partial charge in [0.15, 0.2) is 0 Å². The number of para-hydroxylation sites is 2. The standard InChI is InChI=1S/C16H15FN2O/c17-13-6-8-14(9-7-13)20-11-3-10-19-12-18-15-4-1-2-5-16(15)19/h1-2,4-9,12H,3,10-11H2. The summed E-state index contributed by atoms with van der Waals surface area (Å²) in [6.07, 6.45) is 2.72. The van der Waals surface area contributed by atoms with E-state index in [0.717, 1.165) is 24.0 Å². The van der Waals surface area contributed by atoms with Crippen LogP contribution in [0.15, 0.2) is 54.9 Å². The molecule has 0 spiro atoms. The van der Waals surface area contributed by atoms with Crippen LogP contribution in [0.5, 0.6) is 5.75 Å². The molecule has 0 saturated carbocycles. The molecule has 4 heteroatoms. The molecule has 0 aliphatic carbocycles. The largest absolute Gasteiger partial charge is 0.494 e. The van der Waals surface area contributed by atoms with Crippen LogP contribution in [-0.4, -0.2) is 16.2 Å². The van der Waals surface area contributed by atoms with Crippen molar-refractivity contribution >= 4 is 11.0 Å². The summed E-state index contributed by atoms with van der Waals surface area (Å²) in [5, 5.41) is 0. The van der Waals surface area contributed by atoms with Gasteiger partial charge < -0.3 is 9.30 Å². The Kier molecular flexibility index (Phi) is 3.63. The van der Waals surface area contributed by atoms with Crippen LogP contribution in [0.4, 0.5) is 4.39 Å². The summed E-state index contributed by atoms with van der Waals surface area (Å²) in [6, 6.07) is 14.1. The van der Waals surface area contributed by atoms with E-state index in [1.54, 1.807) is 12.1 Å². The fourth-order valence-electron chi connectivity index (χ4n) is 2.14. The number of fused-ring (bicyclic) bond motifs is 1. The summed E-state index contributed by atoms with van der Waals surface area (Å²) in [5.41, 5.74) is 2.14. The molecule has 0 N–H and O–H groups in total. The number of aryl methyl sites for hydroxylation is 1. The number of aromatic nitrogens is 2. The third kappa shape index (κ3) is 2.79. The minimum Gasteiger partial charge on any atom is -0.494 e. The van der Waals surface area contributed by atoms with Crippen LogP contribution >= 0.6 is 0 Å². The first kappa shape index (κ1) is 12.7. The molecule has 3 aromatic rings. The highest BCUT2D eigenvalue weighted by Gasteiger charge is 2.01. The van der Waals surface area contributed by atoms with Crippen LogP contribution < -0.4 is 4.74 Å². The lowest BCUT2D eigenvalue weighted by Crippen LogP contribution is -2.03. The van der Waals surface area contributed by atoms with Gasteiger partial charge in [0.25, 0.3) is 0 Å². The zero-order chi connectivity index (χ0) is 13.8. The lowest BCUT2D eigenvalue weighted by atomic mass is 10.3. The Morgan fingerprint density at radius 2 is 1.85 bits per heavy atom. The summed E-state index contributed by atoms with van der Waals surface area (Å²) in [6.45, 7) is 1.44. The maximum atomic E-state index is 12.7. The molecule has 0 bridgehead atoms. The Hall–Kier alpha value is -2.36. The van der Waals surface area contributed by atoms with Crippen molar-refractivity contribution in [1.29, 1.82) is 0 Å². The maximum absolute atomic E-state index is 12.7. The minimum atomic E-state index is -0.248. The number of ether oxygens (including phenoxy) is 1. The van der Waals surface area contributed by atoms with Crippen molar-refractivity contribution in [1.82, 2.24) is 9.55 Å². The van der Waals surface area contributed by atoms with Gasteiger partial charge in [0.2, 0.25) is 0 Å². The summed E-state index contributed by atoms with van der Waals surface area (Å²) >= 11 is 0. The first-order chi connectivity index (χ1) is 9.83. The van der Waals surface area contributed by atoms with Crippen LogP contribution in [0.1, 0.15) is 6.42 Å². The molecule has 3 rings (SSSR count). The van der Waals surface area contributed by atoms with E-state index in [0.29, 0.717) is 12.4 Å². The van der Waals surface area contributed by atoms with Gasteiger partial charge in [-0.2, -0.15) is 0 Å². The zero-order valence-corrected chi connectivity index (χ0v) is 11.0. The van der Waals surface area contributed by atoms with E-state index in [1.807, 2.05) is 24.5 Å². The molecule has 3 nitrogen and oxygen atoms in total. The van der Waals surface area contributed by atoms with E-state index in [-0.39, 0.29) is 5.82 Å². The van der Waals surface area contributed by atoms with Crippen LogP contribution in [-0.2, 0) is 6.54 Å². The molecule has 102 valence electrons. The highest BCUT2D eigenvalue weighted by atomic mass is 19.1. The highest BCUT2D eigenvalue weighted by molar-refractivity contribution is 5.74. The van der Waals surface area contributed by atoms with Gasteiger partial charge in [-0.3, -0.25) is 0 Å². The van der Waals surface area contributed by atoms with Gasteiger partial charge in [-0.1, -0.05) is 12.1 Å². The molecule has 0 saturated heterocycles. The molecule has 0 atom stereocenters. The molecular weight excluding hydrogens is 255 g/mol. The molecule has 20 heavy (non-hydrogen) atoms. The van der Waals surface area contributed by atoms with Gasteiger partial charge in [0.05, 0.1) is 24.0 Å². The molecule has 1 aromatic heterocycles. The Bertz CT molecular complexity index is 691. The number of rotatable bonds is 5. The second-order valence-electron chi connectivity index (χ2n) is 4.58. The van der Waals surface area contributed by atoms with E-state index < -0.39 is 0 Å². The minimum absolute atomic E-state index is 0.248. The van der Waals surface area contributed by atoms with Crippen molar-refractivity contribution in [2.45, 2.75) is 13.0 Å². The molecular formula is C16H15FN2O. The highest BCUT2D eigenvalue weighted by Crippen LogP contribution is 2.13. The van der Waals surface area contributed by atoms with Gasteiger partial charge in [0, 0.05) is 6.54 Å². The predicted molar refractivity (Wildman–Crippen MR) is 76.2 cm³/mol. The Morgan fingerprint density at radius 3 is 2.70 bits per heavy atom. The Labute approximate surface area is 116 Å². The molecule has 0 amide bonds. The molecule has 0 aliphatic heterocycles. The number of hydrogen-bond acceptors (Lipinski definition) is 2. The molecule has 0 aliphatic rings. The second-order valence-corrected chi connectivity index (χ2v) is 4.58. The van der Waals surface area contributed by atoms with E-state index in [9.17, 15) is 4.39 Å². The monoisotopic (exact) mass is 270 g/mol. The smallest absolute Gasteiger partial charge is 0.123 e. The normalized spacial score (nSPS) is 10.8. The average molecular weight is 270 g/mol. The van der Waals surface area contributed by atoms with Crippen molar-refractivity contribution in [2.24, 2.45) is 0 Å². The van der Waals surface area contributed by atoms with Crippen molar-refractivity contribution in [3.63, 3.8) is 0 Å². The third-order valence-corrected chi connectivity index (χ3v) is 3.15. The second kappa shape index (κ2) is 5.74. The third-order valence-electron chi connectivity index (χ3n) is 3.15. The maximum Gasteiger partial charge on any atom is 0.123 e. The number of hydrogen-bond donors (Lipinski definition) is 0. The predicted octanol–water partition coefficient (Wildman–Crippen LogP) is 3.64. The SMILES string of the molecule is Fc1ccc(OCCCn2cnc3ccccc32)cc1. The van der Waals surface area contributed by atoms with Crippen LogP contribution in [0.3, 0.4) is 0 Å². The fourth-order valence-corrected chi connectivity index (χ4v) is 2.14.